The maximum atomic E-state index is 12.1. The van der Waals surface area contributed by atoms with Crippen LogP contribution >= 0.6 is 11.3 Å². The fourth-order valence-electron chi connectivity index (χ4n) is 1.67. The highest BCUT2D eigenvalue weighted by Crippen LogP contribution is 2.22. The van der Waals surface area contributed by atoms with Gasteiger partial charge in [0.2, 0.25) is 0 Å². The lowest BCUT2D eigenvalue weighted by molar-refractivity contribution is 0.0917. The molecule has 0 aromatic carbocycles. The van der Waals surface area contributed by atoms with Crippen LogP contribution in [0.1, 0.15) is 29.2 Å². The first-order valence-corrected chi connectivity index (χ1v) is 7.02. The Bertz CT molecular complexity index is 548. The number of aryl methyl sites for hydroxylation is 1. The summed E-state index contributed by atoms with van der Waals surface area (Å²) in [7, 11) is 0. The number of nitrogens with one attached hydrogen (secondary N) is 1. The second kappa shape index (κ2) is 5.99. The van der Waals surface area contributed by atoms with Crippen LogP contribution in [0.15, 0.2) is 24.5 Å². The van der Waals surface area contributed by atoms with Gasteiger partial charge in [0.25, 0.3) is 5.91 Å². The van der Waals surface area contributed by atoms with Gasteiger partial charge in [-0.1, -0.05) is 6.92 Å². The molecule has 0 aliphatic heterocycles. The molecular weight excluding hydrogens is 262 g/mol. The number of amides is 1. The molecular formula is C13H17N3O2S. The molecule has 0 unspecified atom stereocenters. The third-order valence-corrected chi connectivity index (χ3v) is 3.91. The van der Waals surface area contributed by atoms with Crippen LogP contribution in [0.25, 0.3) is 5.13 Å². The molecule has 2 heterocycles. The second-order valence-corrected chi connectivity index (χ2v) is 5.33. The number of thiazole rings is 1. The summed E-state index contributed by atoms with van der Waals surface area (Å²) in [4.78, 5) is 17.4. The van der Waals surface area contributed by atoms with Crippen molar-refractivity contribution in [1.29, 1.82) is 0 Å². The standard InChI is InChI=1S/C13H17N3O2S/c1-3-10-11(12(18)14-9(2)8-17)15-13(19-10)16-6-4-5-7-16/h4-7,9,17H,3,8H2,1-2H3,(H,14,18)/t9-/m0/s1. The van der Waals surface area contributed by atoms with Gasteiger partial charge in [-0.15, -0.1) is 11.3 Å². The van der Waals surface area contributed by atoms with Gasteiger partial charge >= 0.3 is 0 Å². The first-order valence-electron chi connectivity index (χ1n) is 6.20. The van der Waals surface area contributed by atoms with Crippen LogP contribution in [0.2, 0.25) is 0 Å². The molecule has 0 spiro atoms. The Balaban J connectivity index is 2.27. The molecule has 0 saturated carbocycles. The Morgan fingerprint density at radius 1 is 1.53 bits per heavy atom. The molecule has 19 heavy (non-hydrogen) atoms. The molecule has 2 N–H and O–H groups in total. The zero-order chi connectivity index (χ0) is 13.8. The first-order chi connectivity index (χ1) is 9.15. The number of carbonyl (C=O) groups is 1. The molecule has 0 aliphatic rings. The third-order valence-electron chi connectivity index (χ3n) is 2.70. The molecule has 0 saturated heterocycles. The van der Waals surface area contributed by atoms with Gasteiger partial charge in [0.1, 0.15) is 5.69 Å². The summed E-state index contributed by atoms with van der Waals surface area (Å²) in [6, 6.07) is 3.57. The molecule has 2 aromatic heterocycles. The van der Waals surface area contributed by atoms with Crippen molar-refractivity contribution in [3.8, 4) is 5.13 Å². The minimum absolute atomic E-state index is 0.0816. The fourth-order valence-corrected chi connectivity index (χ4v) is 2.63. The molecule has 0 fully saturated rings. The van der Waals surface area contributed by atoms with Gasteiger partial charge in [0, 0.05) is 23.3 Å². The topological polar surface area (TPSA) is 67.2 Å². The Kier molecular flexibility index (Phi) is 4.34. The van der Waals surface area contributed by atoms with Crippen molar-refractivity contribution in [3.63, 3.8) is 0 Å². The van der Waals surface area contributed by atoms with E-state index in [1.54, 1.807) is 6.92 Å². The van der Waals surface area contributed by atoms with E-state index in [0.717, 1.165) is 16.4 Å². The summed E-state index contributed by atoms with van der Waals surface area (Å²) >= 11 is 1.51. The normalized spacial score (nSPS) is 12.4. The second-order valence-electron chi connectivity index (χ2n) is 4.27. The van der Waals surface area contributed by atoms with Crippen LogP contribution in [0.4, 0.5) is 0 Å². The van der Waals surface area contributed by atoms with Crippen molar-refractivity contribution < 1.29 is 9.90 Å². The molecule has 0 bridgehead atoms. The van der Waals surface area contributed by atoms with Crippen molar-refractivity contribution in [3.05, 3.63) is 35.1 Å². The number of aliphatic hydroxyl groups excluding tert-OH is 1. The van der Waals surface area contributed by atoms with Gasteiger partial charge in [0.15, 0.2) is 5.13 Å². The van der Waals surface area contributed by atoms with Gasteiger partial charge in [-0.3, -0.25) is 4.79 Å². The van der Waals surface area contributed by atoms with E-state index in [0.29, 0.717) is 5.69 Å². The van der Waals surface area contributed by atoms with E-state index in [9.17, 15) is 4.79 Å². The number of aliphatic hydroxyl groups is 1. The molecule has 1 atom stereocenters. The maximum absolute atomic E-state index is 12.1. The minimum Gasteiger partial charge on any atom is -0.394 e. The van der Waals surface area contributed by atoms with Gasteiger partial charge in [-0.2, -0.15) is 0 Å². The van der Waals surface area contributed by atoms with Crippen molar-refractivity contribution in [2.24, 2.45) is 0 Å². The lowest BCUT2D eigenvalue weighted by Gasteiger charge is -2.09. The number of carbonyl (C=O) groups excluding carboxylic acids is 1. The van der Waals surface area contributed by atoms with Gasteiger partial charge < -0.3 is 15.0 Å². The number of aromatic nitrogens is 2. The Morgan fingerprint density at radius 2 is 2.21 bits per heavy atom. The summed E-state index contributed by atoms with van der Waals surface area (Å²) in [6.45, 7) is 3.67. The van der Waals surface area contributed by atoms with Gasteiger partial charge in [-0.25, -0.2) is 4.98 Å². The Hall–Kier alpha value is -1.66. The highest BCUT2D eigenvalue weighted by molar-refractivity contribution is 7.14. The zero-order valence-electron chi connectivity index (χ0n) is 11.0. The lowest BCUT2D eigenvalue weighted by Crippen LogP contribution is -2.35. The predicted octanol–water partition coefficient (Wildman–Crippen LogP) is 1.61. The van der Waals surface area contributed by atoms with Crippen LogP contribution < -0.4 is 5.32 Å². The van der Waals surface area contributed by atoms with Crippen LogP contribution in [-0.2, 0) is 6.42 Å². The van der Waals surface area contributed by atoms with E-state index in [-0.39, 0.29) is 18.6 Å². The van der Waals surface area contributed by atoms with Crippen molar-refractivity contribution in [2.75, 3.05) is 6.61 Å². The summed E-state index contributed by atoms with van der Waals surface area (Å²) < 4.78 is 1.88. The maximum Gasteiger partial charge on any atom is 0.271 e. The predicted molar refractivity (Wildman–Crippen MR) is 74.8 cm³/mol. The summed E-state index contributed by atoms with van der Waals surface area (Å²) in [5, 5.41) is 12.5. The average molecular weight is 279 g/mol. The smallest absolute Gasteiger partial charge is 0.271 e. The average Bonchev–Trinajstić information content (AvgIpc) is 3.06. The van der Waals surface area contributed by atoms with E-state index < -0.39 is 0 Å². The summed E-state index contributed by atoms with van der Waals surface area (Å²) in [6.07, 6.45) is 4.56. The van der Waals surface area contributed by atoms with Crippen LogP contribution in [0, 0.1) is 0 Å². The van der Waals surface area contributed by atoms with E-state index in [2.05, 4.69) is 10.3 Å². The molecule has 5 nitrogen and oxygen atoms in total. The van der Waals surface area contributed by atoms with Crippen LogP contribution in [0.5, 0.6) is 0 Å². The van der Waals surface area contributed by atoms with E-state index in [4.69, 9.17) is 5.11 Å². The highest BCUT2D eigenvalue weighted by Gasteiger charge is 2.18. The minimum atomic E-state index is -0.270. The number of rotatable bonds is 5. The van der Waals surface area contributed by atoms with Crippen molar-refractivity contribution in [1.82, 2.24) is 14.9 Å². The summed E-state index contributed by atoms with van der Waals surface area (Å²) in [5.74, 6) is -0.229. The van der Waals surface area contributed by atoms with E-state index >= 15 is 0 Å². The SMILES string of the molecule is CCc1sc(-n2cccc2)nc1C(=O)N[C@@H](C)CO. The molecule has 2 rings (SSSR count). The monoisotopic (exact) mass is 279 g/mol. The van der Waals surface area contributed by atoms with Crippen LogP contribution in [-0.4, -0.2) is 33.2 Å². The summed E-state index contributed by atoms with van der Waals surface area (Å²) in [5.41, 5.74) is 0.455. The Labute approximate surface area is 115 Å². The molecule has 6 heteroatoms. The van der Waals surface area contributed by atoms with Crippen molar-refractivity contribution >= 4 is 17.2 Å². The molecule has 1 amide bonds. The fraction of sp³-hybridized carbons (Fsp3) is 0.385. The largest absolute Gasteiger partial charge is 0.394 e. The zero-order valence-corrected chi connectivity index (χ0v) is 11.8. The van der Waals surface area contributed by atoms with Crippen molar-refractivity contribution in [2.45, 2.75) is 26.3 Å². The number of hydrogen-bond donors (Lipinski definition) is 2. The molecule has 0 aliphatic carbocycles. The van der Waals surface area contributed by atoms with E-state index in [1.165, 1.54) is 11.3 Å². The highest BCUT2D eigenvalue weighted by atomic mass is 32.1. The molecule has 0 radical (unpaired) electrons. The molecule has 102 valence electrons. The molecule has 2 aromatic rings. The Morgan fingerprint density at radius 3 is 2.79 bits per heavy atom. The number of nitrogens with zero attached hydrogens (tertiary/aromatic N) is 2. The first kappa shape index (κ1) is 13.8. The quantitative estimate of drug-likeness (QED) is 0.873. The van der Waals surface area contributed by atoms with Gasteiger partial charge in [0.05, 0.1) is 6.61 Å². The third kappa shape index (κ3) is 3.02. The van der Waals surface area contributed by atoms with Crippen LogP contribution in [0.3, 0.4) is 0 Å². The number of hydrogen-bond acceptors (Lipinski definition) is 4. The van der Waals surface area contributed by atoms with Gasteiger partial charge in [-0.05, 0) is 25.5 Å². The van der Waals surface area contributed by atoms with E-state index in [1.807, 2.05) is 36.0 Å². The lowest BCUT2D eigenvalue weighted by atomic mass is 10.2.